The molecule has 142 valence electrons. The van der Waals surface area contributed by atoms with Crippen molar-refractivity contribution in [3.8, 4) is 6.07 Å². The van der Waals surface area contributed by atoms with Gasteiger partial charge in [-0.1, -0.05) is 53.4 Å². The molecular weight excluding hydrogens is 408 g/mol. The SMILES string of the molecule is N#Cc1ccc(CSc2nnc(NC(=O)CCCSc3ccccc3)s2)cc1. The van der Waals surface area contributed by atoms with Crippen LogP contribution >= 0.6 is 34.9 Å². The molecule has 1 amide bonds. The average Bonchev–Trinajstić information content (AvgIpc) is 3.18. The number of nitrogens with one attached hydrogen (secondary N) is 1. The number of thioether (sulfide) groups is 2. The maximum atomic E-state index is 12.1. The van der Waals surface area contributed by atoms with Crippen LogP contribution in [0.4, 0.5) is 5.13 Å². The third-order valence-corrected chi connectivity index (χ3v) is 6.80. The molecule has 0 aliphatic carbocycles. The van der Waals surface area contributed by atoms with Crippen molar-refractivity contribution in [2.24, 2.45) is 0 Å². The fourth-order valence-electron chi connectivity index (χ4n) is 2.26. The van der Waals surface area contributed by atoms with Crippen LogP contribution in [0, 0.1) is 11.3 Å². The predicted octanol–water partition coefficient (Wildman–Crippen LogP) is 5.21. The second kappa shape index (κ2) is 10.9. The largest absolute Gasteiger partial charge is 0.301 e. The first-order valence-corrected chi connectivity index (χ1v) is 11.4. The Bertz CT molecular complexity index is 936. The molecule has 3 rings (SSSR count). The van der Waals surface area contributed by atoms with E-state index >= 15 is 0 Å². The van der Waals surface area contributed by atoms with Crippen LogP contribution in [-0.2, 0) is 10.5 Å². The van der Waals surface area contributed by atoms with E-state index in [-0.39, 0.29) is 5.91 Å². The zero-order chi connectivity index (χ0) is 19.6. The lowest BCUT2D eigenvalue weighted by atomic mass is 10.2. The van der Waals surface area contributed by atoms with E-state index in [2.05, 4.69) is 33.7 Å². The zero-order valence-corrected chi connectivity index (χ0v) is 17.4. The first-order chi connectivity index (χ1) is 13.7. The Morgan fingerprint density at radius 1 is 1.07 bits per heavy atom. The number of benzene rings is 2. The number of carbonyl (C=O) groups is 1. The molecule has 28 heavy (non-hydrogen) atoms. The first-order valence-electron chi connectivity index (χ1n) is 8.66. The molecule has 1 aromatic heterocycles. The molecule has 1 heterocycles. The van der Waals surface area contributed by atoms with Crippen molar-refractivity contribution >= 4 is 45.9 Å². The fourth-order valence-corrected chi connectivity index (χ4v) is 4.86. The van der Waals surface area contributed by atoms with E-state index in [9.17, 15) is 4.79 Å². The first kappa shape index (κ1) is 20.4. The smallest absolute Gasteiger partial charge is 0.226 e. The van der Waals surface area contributed by atoms with Crippen molar-refractivity contribution < 1.29 is 4.79 Å². The van der Waals surface area contributed by atoms with Crippen molar-refractivity contribution in [3.63, 3.8) is 0 Å². The lowest BCUT2D eigenvalue weighted by Crippen LogP contribution is -2.11. The van der Waals surface area contributed by atoms with Gasteiger partial charge in [-0.3, -0.25) is 4.79 Å². The summed E-state index contributed by atoms with van der Waals surface area (Å²) in [5.41, 5.74) is 1.76. The number of anilines is 1. The zero-order valence-electron chi connectivity index (χ0n) is 15.0. The number of carbonyl (C=O) groups excluding carboxylic acids is 1. The van der Waals surface area contributed by atoms with E-state index in [4.69, 9.17) is 5.26 Å². The second-order valence-electron chi connectivity index (χ2n) is 5.78. The number of hydrogen-bond donors (Lipinski definition) is 1. The summed E-state index contributed by atoms with van der Waals surface area (Å²) in [6, 6.07) is 19.8. The van der Waals surface area contributed by atoms with E-state index in [0.29, 0.717) is 17.1 Å². The van der Waals surface area contributed by atoms with Crippen LogP contribution in [0.3, 0.4) is 0 Å². The Hall–Kier alpha value is -2.34. The molecule has 0 bridgehead atoms. The van der Waals surface area contributed by atoms with Gasteiger partial charge in [0.15, 0.2) is 4.34 Å². The molecule has 0 saturated carbocycles. The number of nitrogens with zero attached hydrogens (tertiary/aromatic N) is 3. The Balaban J connectivity index is 1.37. The summed E-state index contributed by atoms with van der Waals surface area (Å²) in [5, 5.41) is 20.3. The van der Waals surface area contributed by atoms with Crippen LogP contribution in [0.15, 0.2) is 63.8 Å². The fraction of sp³-hybridized carbons (Fsp3) is 0.200. The number of nitriles is 1. The molecule has 3 aromatic rings. The number of amides is 1. The highest BCUT2D eigenvalue weighted by Gasteiger charge is 2.09. The van der Waals surface area contributed by atoms with Gasteiger partial charge in [0.25, 0.3) is 0 Å². The molecule has 0 atom stereocenters. The van der Waals surface area contributed by atoms with Gasteiger partial charge in [-0.25, -0.2) is 0 Å². The minimum Gasteiger partial charge on any atom is -0.301 e. The topological polar surface area (TPSA) is 78.7 Å². The summed E-state index contributed by atoms with van der Waals surface area (Å²) in [6.45, 7) is 0. The Morgan fingerprint density at radius 3 is 2.61 bits per heavy atom. The van der Waals surface area contributed by atoms with Crippen LogP contribution in [-0.4, -0.2) is 21.9 Å². The molecule has 1 N–H and O–H groups in total. The van der Waals surface area contributed by atoms with Gasteiger partial charge in [-0.05, 0) is 42.0 Å². The van der Waals surface area contributed by atoms with E-state index < -0.39 is 0 Å². The summed E-state index contributed by atoms with van der Waals surface area (Å²) in [7, 11) is 0. The van der Waals surface area contributed by atoms with Crippen LogP contribution < -0.4 is 5.32 Å². The van der Waals surface area contributed by atoms with Crippen molar-refractivity contribution in [2.45, 2.75) is 27.8 Å². The summed E-state index contributed by atoms with van der Waals surface area (Å²) < 4.78 is 0.805. The van der Waals surface area contributed by atoms with Gasteiger partial charge in [0.2, 0.25) is 11.0 Å². The van der Waals surface area contributed by atoms with E-state index in [1.54, 1.807) is 35.7 Å². The van der Waals surface area contributed by atoms with Crippen LogP contribution in [0.2, 0.25) is 0 Å². The Morgan fingerprint density at radius 2 is 1.86 bits per heavy atom. The highest BCUT2D eigenvalue weighted by Crippen LogP contribution is 2.28. The lowest BCUT2D eigenvalue weighted by molar-refractivity contribution is -0.116. The molecule has 0 radical (unpaired) electrons. The molecule has 0 aliphatic rings. The third-order valence-electron chi connectivity index (χ3n) is 3.66. The van der Waals surface area contributed by atoms with Gasteiger partial charge in [-0.15, -0.1) is 22.0 Å². The van der Waals surface area contributed by atoms with Crippen LogP contribution in [0.1, 0.15) is 24.0 Å². The van der Waals surface area contributed by atoms with Gasteiger partial charge in [-0.2, -0.15) is 5.26 Å². The molecule has 5 nitrogen and oxygen atoms in total. The van der Waals surface area contributed by atoms with E-state index in [0.717, 1.165) is 27.8 Å². The van der Waals surface area contributed by atoms with Crippen molar-refractivity contribution in [2.75, 3.05) is 11.1 Å². The lowest BCUT2D eigenvalue weighted by Gasteiger charge is -2.02. The monoisotopic (exact) mass is 426 g/mol. The Kier molecular flexibility index (Phi) is 7.91. The van der Waals surface area contributed by atoms with Crippen molar-refractivity contribution in [1.29, 1.82) is 5.26 Å². The van der Waals surface area contributed by atoms with E-state index in [1.165, 1.54) is 16.2 Å². The molecule has 8 heteroatoms. The maximum Gasteiger partial charge on any atom is 0.226 e. The summed E-state index contributed by atoms with van der Waals surface area (Å²) in [6.07, 6.45) is 1.28. The van der Waals surface area contributed by atoms with Gasteiger partial charge >= 0.3 is 0 Å². The molecule has 0 unspecified atom stereocenters. The molecule has 0 saturated heterocycles. The van der Waals surface area contributed by atoms with Gasteiger partial charge in [0.1, 0.15) is 0 Å². The van der Waals surface area contributed by atoms with Crippen molar-refractivity contribution in [3.05, 3.63) is 65.7 Å². The van der Waals surface area contributed by atoms with Crippen LogP contribution in [0.25, 0.3) is 0 Å². The number of rotatable bonds is 9. The average molecular weight is 427 g/mol. The summed E-state index contributed by atoms with van der Waals surface area (Å²) in [4.78, 5) is 13.3. The standard InChI is InChI=1S/C20H18N4OS3/c21-13-15-8-10-16(11-9-15)14-27-20-24-23-19(28-20)22-18(25)7-4-12-26-17-5-2-1-3-6-17/h1-3,5-6,8-11H,4,7,12,14H2,(H,22,23,25). The highest BCUT2D eigenvalue weighted by molar-refractivity contribution is 8.00. The van der Waals surface area contributed by atoms with Crippen LogP contribution in [0.5, 0.6) is 0 Å². The number of aromatic nitrogens is 2. The van der Waals surface area contributed by atoms with Gasteiger partial charge < -0.3 is 5.32 Å². The van der Waals surface area contributed by atoms with Gasteiger partial charge in [0, 0.05) is 17.1 Å². The van der Waals surface area contributed by atoms with Gasteiger partial charge in [0.05, 0.1) is 11.6 Å². The molecule has 2 aromatic carbocycles. The normalized spacial score (nSPS) is 10.4. The molecule has 0 aliphatic heterocycles. The minimum absolute atomic E-state index is 0.0338. The Labute approximate surface area is 176 Å². The summed E-state index contributed by atoms with van der Waals surface area (Å²) in [5.74, 6) is 1.61. The molecule has 0 spiro atoms. The second-order valence-corrected chi connectivity index (χ2v) is 9.15. The highest BCUT2D eigenvalue weighted by atomic mass is 32.2. The van der Waals surface area contributed by atoms with Crippen molar-refractivity contribution in [1.82, 2.24) is 10.2 Å². The number of hydrogen-bond acceptors (Lipinski definition) is 7. The minimum atomic E-state index is -0.0338. The maximum absolute atomic E-state index is 12.1. The third kappa shape index (κ3) is 6.68. The molecule has 0 fully saturated rings. The summed E-state index contributed by atoms with van der Waals surface area (Å²) >= 11 is 4.69. The van der Waals surface area contributed by atoms with E-state index in [1.807, 2.05) is 30.3 Å². The molecular formula is C20H18N4OS3. The predicted molar refractivity (Wildman–Crippen MR) is 116 cm³/mol. The quantitative estimate of drug-likeness (QED) is 0.287.